The van der Waals surface area contributed by atoms with E-state index in [-0.39, 0.29) is 6.10 Å². The van der Waals surface area contributed by atoms with E-state index in [9.17, 15) is 5.26 Å². The van der Waals surface area contributed by atoms with Crippen molar-refractivity contribution in [2.24, 2.45) is 0 Å². The maximum atomic E-state index is 9.22. The summed E-state index contributed by atoms with van der Waals surface area (Å²) >= 11 is 0. The first-order valence-electron chi connectivity index (χ1n) is 8.60. The van der Waals surface area contributed by atoms with E-state index < -0.39 is 0 Å². The second-order valence-electron chi connectivity index (χ2n) is 6.30. The third-order valence-corrected chi connectivity index (χ3v) is 4.63. The van der Waals surface area contributed by atoms with Gasteiger partial charge in [0.2, 0.25) is 0 Å². The highest BCUT2D eigenvalue weighted by atomic mass is 16.5. The lowest BCUT2D eigenvalue weighted by molar-refractivity contribution is 0.0835. The summed E-state index contributed by atoms with van der Waals surface area (Å²) in [6, 6.07) is 5.81. The third kappa shape index (κ3) is 3.48. The molecule has 1 unspecified atom stereocenters. The fourth-order valence-corrected chi connectivity index (χ4v) is 3.29. The van der Waals surface area contributed by atoms with Crippen LogP contribution in [0.2, 0.25) is 0 Å². The lowest BCUT2D eigenvalue weighted by atomic mass is 10.2. The van der Waals surface area contributed by atoms with E-state index in [0.717, 1.165) is 51.4 Å². The number of anilines is 1. The van der Waals surface area contributed by atoms with E-state index in [2.05, 4.69) is 31.0 Å². The standard InChI is InChI=1S/C17H20N6O2/c18-11-13-3-1-5-19-16(13)23-8-6-22(7-9-23)12-15-20-17(25-21-15)14-4-2-10-24-14/h1,3,5,14H,2,4,6-10,12H2. The number of aromatic nitrogens is 3. The van der Waals surface area contributed by atoms with Gasteiger partial charge in [-0.3, -0.25) is 4.90 Å². The summed E-state index contributed by atoms with van der Waals surface area (Å²) in [5, 5.41) is 13.3. The van der Waals surface area contributed by atoms with Crippen molar-refractivity contribution in [3.63, 3.8) is 0 Å². The minimum atomic E-state index is -0.0355. The monoisotopic (exact) mass is 340 g/mol. The van der Waals surface area contributed by atoms with Crippen molar-refractivity contribution in [1.82, 2.24) is 20.0 Å². The van der Waals surface area contributed by atoms with E-state index in [0.29, 0.717) is 23.8 Å². The van der Waals surface area contributed by atoms with Crippen molar-refractivity contribution < 1.29 is 9.26 Å². The van der Waals surface area contributed by atoms with E-state index in [1.54, 1.807) is 18.3 Å². The predicted molar refractivity (Wildman–Crippen MR) is 88.7 cm³/mol. The van der Waals surface area contributed by atoms with Crippen LogP contribution in [0.15, 0.2) is 22.9 Å². The Morgan fingerprint density at radius 3 is 2.92 bits per heavy atom. The normalized spacial score (nSPS) is 21.4. The molecule has 130 valence electrons. The minimum absolute atomic E-state index is 0.0355. The topological polar surface area (TPSA) is 91.3 Å². The zero-order valence-corrected chi connectivity index (χ0v) is 14.0. The number of piperazine rings is 1. The molecule has 4 heterocycles. The fraction of sp³-hybridized carbons (Fsp3) is 0.529. The van der Waals surface area contributed by atoms with Crippen molar-refractivity contribution in [2.45, 2.75) is 25.5 Å². The Kier molecular flexibility index (Phi) is 4.59. The maximum Gasteiger partial charge on any atom is 0.255 e. The molecule has 25 heavy (non-hydrogen) atoms. The van der Waals surface area contributed by atoms with Crippen LogP contribution in [-0.2, 0) is 11.3 Å². The Balaban J connectivity index is 1.34. The highest BCUT2D eigenvalue weighted by Gasteiger charge is 2.25. The van der Waals surface area contributed by atoms with Gasteiger partial charge >= 0.3 is 0 Å². The quantitative estimate of drug-likeness (QED) is 0.827. The van der Waals surface area contributed by atoms with Gasteiger partial charge in [-0.05, 0) is 25.0 Å². The molecule has 0 saturated carbocycles. The maximum absolute atomic E-state index is 9.22. The van der Waals surface area contributed by atoms with Gasteiger partial charge in [0.1, 0.15) is 18.0 Å². The summed E-state index contributed by atoms with van der Waals surface area (Å²) in [5.74, 6) is 2.07. The molecule has 4 rings (SSSR count). The summed E-state index contributed by atoms with van der Waals surface area (Å²) in [4.78, 5) is 13.3. The van der Waals surface area contributed by atoms with Gasteiger partial charge in [0.05, 0.1) is 12.1 Å². The van der Waals surface area contributed by atoms with Crippen LogP contribution in [0.5, 0.6) is 0 Å². The molecular weight excluding hydrogens is 320 g/mol. The molecule has 0 aliphatic carbocycles. The van der Waals surface area contributed by atoms with Gasteiger partial charge < -0.3 is 14.2 Å². The molecule has 2 aliphatic heterocycles. The van der Waals surface area contributed by atoms with Gasteiger partial charge in [0.15, 0.2) is 5.82 Å². The molecule has 8 nitrogen and oxygen atoms in total. The number of pyridine rings is 1. The van der Waals surface area contributed by atoms with Crippen LogP contribution >= 0.6 is 0 Å². The van der Waals surface area contributed by atoms with E-state index in [4.69, 9.17) is 9.26 Å². The summed E-state index contributed by atoms with van der Waals surface area (Å²) in [7, 11) is 0. The van der Waals surface area contributed by atoms with Crippen LogP contribution in [0.4, 0.5) is 5.82 Å². The average molecular weight is 340 g/mol. The molecule has 2 aromatic heterocycles. The molecule has 1 atom stereocenters. The number of rotatable bonds is 4. The van der Waals surface area contributed by atoms with Crippen LogP contribution < -0.4 is 4.90 Å². The van der Waals surface area contributed by atoms with Gasteiger partial charge in [-0.25, -0.2) is 4.98 Å². The first-order valence-corrected chi connectivity index (χ1v) is 8.60. The van der Waals surface area contributed by atoms with E-state index >= 15 is 0 Å². The highest BCUT2D eigenvalue weighted by molar-refractivity contribution is 5.53. The van der Waals surface area contributed by atoms with E-state index in [1.807, 2.05) is 0 Å². The van der Waals surface area contributed by atoms with Gasteiger partial charge in [-0.2, -0.15) is 10.2 Å². The molecule has 0 radical (unpaired) electrons. The molecule has 8 heteroatoms. The molecule has 0 amide bonds. The number of ether oxygens (including phenoxy) is 1. The van der Waals surface area contributed by atoms with Crippen LogP contribution in [0, 0.1) is 11.3 Å². The molecule has 0 aromatic carbocycles. The molecule has 2 aliphatic rings. The van der Waals surface area contributed by atoms with Gasteiger partial charge in [0, 0.05) is 39.0 Å². The first-order chi connectivity index (χ1) is 12.3. The smallest absolute Gasteiger partial charge is 0.255 e. The number of nitrogens with zero attached hydrogens (tertiary/aromatic N) is 6. The average Bonchev–Trinajstić information content (AvgIpc) is 3.34. The number of nitriles is 1. The van der Waals surface area contributed by atoms with Crippen molar-refractivity contribution >= 4 is 5.82 Å². The Morgan fingerprint density at radius 1 is 1.28 bits per heavy atom. The second-order valence-corrected chi connectivity index (χ2v) is 6.30. The Hall–Kier alpha value is -2.50. The summed E-state index contributed by atoms with van der Waals surface area (Å²) in [5.41, 5.74) is 0.621. The number of hydrogen-bond donors (Lipinski definition) is 0. The van der Waals surface area contributed by atoms with Crippen LogP contribution in [0.3, 0.4) is 0 Å². The summed E-state index contributed by atoms with van der Waals surface area (Å²) < 4.78 is 10.9. The van der Waals surface area contributed by atoms with Crippen LogP contribution in [0.25, 0.3) is 0 Å². The van der Waals surface area contributed by atoms with Crippen molar-refractivity contribution in [3.05, 3.63) is 35.6 Å². The second kappa shape index (κ2) is 7.17. The van der Waals surface area contributed by atoms with Crippen molar-refractivity contribution in [3.8, 4) is 6.07 Å². The van der Waals surface area contributed by atoms with Crippen LogP contribution in [0.1, 0.15) is 36.2 Å². The van der Waals surface area contributed by atoms with Gasteiger partial charge in [-0.1, -0.05) is 5.16 Å². The highest BCUT2D eigenvalue weighted by Crippen LogP contribution is 2.27. The molecule has 2 aromatic rings. The number of hydrogen-bond acceptors (Lipinski definition) is 8. The third-order valence-electron chi connectivity index (χ3n) is 4.63. The molecule has 0 bridgehead atoms. The fourth-order valence-electron chi connectivity index (χ4n) is 3.29. The van der Waals surface area contributed by atoms with Crippen LogP contribution in [-0.4, -0.2) is 52.8 Å². The van der Waals surface area contributed by atoms with E-state index in [1.165, 1.54) is 0 Å². The Morgan fingerprint density at radius 2 is 2.16 bits per heavy atom. The lowest BCUT2D eigenvalue weighted by Crippen LogP contribution is -2.46. The first kappa shape index (κ1) is 16.0. The minimum Gasteiger partial charge on any atom is -0.368 e. The lowest BCUT2D eigenvalue weighted by Gasteiger charge is -2.35. The van der Waals surface area contributed by atoms with Crippen molar-refractivity contribution in [1.29, 1.82) is 5.26 Å². The molecular formula is C17H20N6O2. The zero-order chi connectivity index (χ0) is 17.1. The Bertz CT molecular complexity index is 756. The summed E-state index contributed by atoms with van der Waals surface area (Å²) in [6.07, 6.45) is 3.69. The molecule has 0 spiro atoms. The van der Waals surface area contributed by atoms with Gasteiger partial charge in [0.25, 0.3) is 5.89 Å². The molecule has 2 saturated heterocycles. The zero-order valence-electron chi connectivity index (χ0n) is 14.0. The predicted octanol–water partition coefficient (Wildman–Crippen LogP) is 1.51. The van der Waals surface area contributed by atoms with Crippen molar-refractivity contribution in [2.75, 3.05) is 37.7 Å². The SMILES string of the molecule is N#Cc1cccnc1N1CCN(Cc2noc(C3CCCO3)n2)CC1. The largest absolute Gasteiger partial charge is 0.368 e. The van der Waals surface area contributed by atoms with Gasteiger partial charge in [-0.15, -0.1) is 0 Å². The Labute approximate surface area is 146 Å². The molecule has 0 N–H and O–H groups in total. The molecule has 2 fully saturated rings. The summed E-state index contributed by atoms with van der Waals surface area (Å²) in [6.45, 7) is 4.81.